The Morgan fingerprint density at radius 3 is 2.70 bits per heavy atom. The molecule has 8 nitrogen and oxygen atoms in total. The topological polar surface area (TPSA) is 114 Å². The number of hydrogen-bond donors (Lipinski definition) is 2. The van der Waals surface area contributed by atoms with E-state index in [9.17, 15) is 14.0 Å². The summed E-state index contributed by atoms with van der Waals surface area (Å²) in [6, 6.07) is 9.32. The number of likely N-dealkylation sites (tertiary alicyclic amines) is 1. The number of aryl methyl sites for hydroxylation is 1. The predicted octanol–water partition coefficient (Wildman–Crippen LogP) is 2.85. The van der Waals surface area contributed by atoms with Crippen LogP contribution in [0.15, 0.2) is 48.8 Å². The van der Waals surface area contributed by atoms with Crippen molar-refractivity contribution in [3.8, 4) is 0 Å². The van der Waals surface area contributed by atoms with Crippen LogP contribution in [0.1, 0.15) is 56.6 Å². The summed E-state index contributed by atoms with van der Waals surface area (Å²) in [5.41, 5.74) is 8.00. The fourth-order valence-corrected chi connectivity index (χ4v) is 3.93. The molecule has 33 heavy (non-hydrogen) atoms. The molecule has 2 amide bonds. The van der Waals surface area contributed by atoms with Crippen molar-refractivity contribution in [3.05, 3.63) is 82.8 Å². The van der Waals surface area contributed by atoms with Crippen LogP contribution in [0.25, 0.3) is 0 Å². The van der Waals surface area contributed by atoms with Crippen LogP contribution in [0.4, 0.5) is 10.2 Å². The van der Waals surface area contributed by atoms with Gasteiger partial charge in [0.1, 0.15) is 17.5 Å². The maximum Gasteiger partial charge on any atom is 0.257 e. The third-order valence-electron chi connectivity index (χ3n) is 5.75. The number of amides is 2. The van der Waals surface area contributed by atoms with Gasteiger partial charge in [0.25, 0.3) is 11.8 Å². The molecule has 0 unspecified atom stereocenters. The highest BCUT2D eigenvalue weighted by molar-refractivity contribution is 5.98. The zero-order valence-electron chi connectivity index (χ0n) is 18.3. The Labute approximate surface area is 191 Å². The Hall–Kier alpha value is -3.88. The van der Waals surface area contributed by atoms with Gasteiger partial charge in [-0.05, 0) is 49.6 Å². The molecule has 3 N–H and O–H groups in total. The molecule has 1 aromatic carbocycles. The van der Waals surface area contributed by atoms with Gasteiger partial charge in [-0.15, -0.1) is 0 Å². The molecule has 2 aromatic heterocycles. The largest absolute Gasteiger partial charge is 0.383 e. The quantitative estimate of drug-likeness (QED) is 0.620. The normalized spacial score (nSPS) is 15.8. The maximum atomic E-state index is 13.0. The Bertz CT molecular complexity index is 1170. The summed E-state index contributed by atoms with van der Waals surface area (Å²) < 4.78 is 13.0. The van der Waals surface area contributed by atoms with E-state index in [1.807, 2.05) is 0 Å². The van der Waals surface area contributed by atoms with Crippen LogP contribution in [0.3, 0.4) is 0 Å². The average Bonchev–Trinajstić information content (AvgIpc) is 2.83. The molecule has 0 radical (unpaired) electrons. The molecule has 3 heterocycles. The van der Waals surface area contributed by atoms with Gasteiger partial charge in [0, 0.05) is 37.9 Å². The molecule has 4 rings (SSSR count). The number of nitrogens with two attached hydrogens (primary N) is 1. The van der Waals surface area contributed by atoms with Crippen molar-refractivity contribution in [3.63, 3.8) is 0 Å². The molecule has 1 atom stereocenters. The summed E-state index contributed by atoms with van der Waals surface area (Å²) in [7, 11) is 0. The van der Waals surface area contributed by atoms with Gasteiger partial charge in [-0.1, -0.05) is 12.1 Å². The number of rotatable bonds is 5. The summed E-state index contributed by atoms with van der Waals surface area (Å²) >= 11 is 0. The van der Waals surface area contributed by atoms with Crippen molar-refractivity contribution >= 4 is 17.6 Å². The van der Waals surface area contributed by atoms with Gasteiger partial charge in [-0.2, -0.15) is 0 Å². The van der Waals surface area contributed by atoms with Crippen molar-refractivity contribution in [1.29, 1.82) is 0 Å². The molecular formula is C24H25FN6O2. The minimum Gasteiger partial charge on any atom is -0.383 e. The Balaban J connectivity index is 1.42. The molecule has 170 valence electrons. The Morgan fingerprint density at radius 1 is 1.18 bits per heavy atom. The van der Waals surface area contributed by atoms with Crippen LogP contribution < -0.4 is 11.1 Å². The van der Waals surface area contributed by atoms with Crippen LogP contribution >= 0.6 is 0 Å². The first kappa shape index (κ1) is 22.3. The van der Waals surface area contributed by atoms with E-state index in [-0.39, 0.29) is 35.9 Å². The SMILES string of the molecule is Cc1nc([C@@H]2CCCN(C(=O)c3cccnc3N)C2)ncc1C(=O)NCc1ccc(F)cc1. The monoisotopic (exact) mass is 448 g/mol. The summed E-state index contributed by atoms with van der Waals surface area (Å²) in [5.74, 6) is 0.0223. The number of halogens is 1. The zero-order valence-corrected chi connectivity index (χ0v) is 18.3. The fourth-order valence-electron chi connectivity index (χ4n) is 3.93. The summed E-state index contributed by atoms with van der Waals surface area (Å²) in [6.07, 6.45) is 4.75. The van der Waals surface area contributed by atoms with Gasteiger partial charge >= 0.3 is 0 Å². The second kappa shape index (κ2) is 9.72. The van der Waals surface area contributed by atoms with E-state index >= 15 is 0 Å². The van der Waals surface area contributed by atoms with Crippen LogP contribution in [-0.4, -0.2) is 44.8 Å². The molecule has 0 bridgehead atoms. The van der Waals surface area contributed by atoms with Crippen molar-refractivity contribution in [1.82, 2.24) is 25.2 Å². The van der Waals surface area contributed by atoms with Gasteiger partial charge in [0.15, 0.2) is 0 Å². The van der Waals surface area contributed by atoms with Crippen LogP contribution in [0.5, 0.6) is 0 Å². The third-order valence-corrected chi connectivity index (χ3v) is 5.75. The van der Waals surface area contributed by atoms with Gasteiger partial charge in [0.2, 0.25) is 0 Å². The van der Waals surface area contributed by atoms with Crippen LogP contribution in [-0.2, 0) is 6.54 Å². The van der Waals surface area contributed by atoms with E-state index in [2.05, 4.69) is 20.3 Å². The first-order valence-corrected chi connectivity index (χ1v) is 10.8. The fraction of sp³-hybridized carbons (Fsp3) is 0.292. The lowest BCUT2D eigenvalue weighted by molar-refractivity contribution is 0.0705. The van der Waals surface area contributed by atoms with Gasteiger partial charge in [-0.25, -0.2) is 19.3 Å². The molecule has 1 saturated heterocycles. The first-order chi connectivity index (χ1) is 15.9. The number of nitrogens with zero attached hydrogens (tertiary/aromatic N) is 4. The number of benzene rings is 1. The molecule has 1 aliphatic rings. The summed E-state index contributed by atoms with van der Waals surface area (Å²) in [5, 5.41) is 2.81. The molecule has 9 heteroatoms. The molecular weight excluding hydrogens is 423 g/mol. The van der Waals surface area contributed by atoms with E-state index in [0.717, 1.165) is 18.4 Å². The number of piperidine rings is 1. The van der Waals surface area contributed by atoms with Gasteiger partial charge in [0.05, 0.1) is 16.8 Å². The number of nitrogens with one attached hydrogen (secondary N) is 1. The Morgan fingerprint density at radius 2 is 1.97 bits per heavy atom. The molecule has 1 fully saturated rings. The summed E-state index contributed by atoms with van der Waals surface area (Å²) in [4.78, 5) is 40.3. The second-order valence-corrected chi connectivity index (χ2v) is 8.06. The van der Waals surface area contributed by atoms with E-state index < -0.39 is 0 Å². The first-order valence-electron chi connectivity index (χ1n) is 10.8. The minimum absolute atomic E-state index is 0.0318. The number of carbonyl (C=O) groups is 2. The van der Waals surface area contributed by atoms with Gasteiger partial charge in [-0.3, -0.25) is 9.59 Å². The lowest BCUT2D eigenvalue weighted by Crippen LogP contribution is -2.40. The number of carbonyl (C=O) groups excluding carboxylic acids is 2. The van der Waals surface area contributed by atoms with Crippen LogP contribution in [0.2, 0.25) is 0 Å². The number of pyridine rings is 1. The molecule has 1 aliphatic heterocycles. The van der Waals surface area contributed by atoms with Crippen molar-refractivity contribution < 1.29 is 14.0 Å². The van der Waals surface area contributed by atoms with Crippen molar-refractivity contribution in [2.75, 3.05) is 18.8 Å². The zero-order chi connectivity index (χ0) is 23.4. The van der Waals surface area contributed by atoms with Crippen molar-refractivity contribution in [2.24, 2.45) is 0 Å². The lowest BCUT2D eigenvalue weighted by Gasteiger charge is -2.32. The van der Waals surface area contributed by atoms with Crippen LogP contribution in [0, 0.1) is 12.7 Å². The molecule has 0 spiro atoms. The van der Waals surface area contributed by atoms with E-state index in [0.29, 0.717) is 35.7 Å². The second-order valence-electron chi connectivity index (χ2n) is 8.06. The highest BCUT2D eigenvalue weighted by atomic mass is 19.1. The standard InChI is InChI=1S/C24H25FN6O2/c1-15-20(23(32)29-12-16-6-8-18(25)9-7-16)13-28-22(30-15)17-4-3-11-31(14-17)24(33)19-5-2-10-27-21(19)26/h2,5-10,13,17H,3-4,11-12,14H2,1H3,(H2,26,27)(H,29,32)/t17-/m1/s1. The number of nitrogen functional groups attached to an aromatic ring is 1. The van der Waals surface area contributed by atoms with E-state index in [1.54, 1.807) is 42.3 Å². The number of anilines is 1. The third kappa shape index (κ3) is 5.14. The Kier molecular flexibility index (Phi) is 6.58. The smallest absolute Gasteiger partial charge is 0.257 e. The molecule has 0 saturated carbocycles. The predicted molar refractivity (Wildman–Crippen MR) is 121 cm³/mol. The minimum atomic E-state index is -0.322. The highest BCUT2D eigenvalue weighted by Gasteiger charge is 2.28. The molecule has 0 aliphatic carbocycles. The maximum absolute atomic E-state index is 13.0. The number of aromatic nitrogens is 3. The average molecular weight is 449 g/mol. The highest BCUT2D eigenvalue weighted by Crippen LogP contribution is 2.26. The summed E-state index contributed by atoms with van der Waals surface area (Å²) in [6.45, 7) is 3.15. The lowest BCUT2D eigenvalue weighted by atomic mass is 9.96. The van der Waals surface area contributed by atoms with Gasteiger partial charge < -0.3 is 16.0 Å². The van der Waals surface area contributed by atoms with E-state index in [1.165, 1.54) is 18.3 Å². The van der Waals surface area contributed by atoms with Crippen molar-refractivity contribution in [2.45, 2.75) is 32.2 Å². The molecule has 3 aromatic rings. The number of hydrogen-bond acceptors (Lipinski definition) is 6. The van der Waals surface area contributed by atoms with E-state index in [4.69, 9.17) is 5.73 Å².